The fourth-order valence-electron chi connectivity index (χ4n) is 1.56. The largest absolute Gasteiger partial charge is 0.338 e. The van der Waals surface area contributed by atoms with Crippen LogP contribution in [0.2, 0.25) is 0 Å². The SMILES string of the molecule is Cn1cc(CNC(=O)NCCc2cccs2)cn1. The number of hydrogen-bond donors (Lipinski definition) is 2. The zero-order chi connectivity index (χ0) is 12.8. The predicted octanol–water partition coefficient (Wildman–Crippen LogP) is 1.52. The number of rotatable bonds is 5. The van der Waals surface area contributed by atoms with E-state index >= 15 is 0 Å². The summed E-state index contributed by atoms with van der Waals surface area (Å²) in [5.74, 6) is 0. The lowest BCUT2D eigenvalue weighted by molar-refractivity contribution is 0.240. The molecular formula is C12H16N4OS. The average molecular weight is 264 g/mol. The van der Waals surface area contributed by atoms with Gasteiger partial charge in [0.2, 0.25) is 0 Å². The maximum Gasteiger partial charge on any atom is 0.315 e. The summed E-state index contributed by atoms with van der Waals surface area (Å²) in [7, 11) is 1.85. The summed E-state index contributed by atoms with van der Waals surface area (Å²) in [6, 6.07) is 3.94. The van der Waals surface area contributed by atoms with Crippen LogP contribution in [0.25, 0.3) is 0 Å². The van der Waals surface area contributed by atoms with E-state index in [2.05, 4.69) is 21.8 Å². The molecule has 2 aromatic rings. The lowest BCUT2D eigenvalue weighted by atomic mass is 10.3. The van der Waals surface area contributed by atoms with Crippen molar-refractivity contribution < 1.29 is 4.79 Å². The topological polar surface area (TPSA) is 59.0 Å². The number of carbonyl (C=O) groups excluding carboxylic acids is 1. The Balaban J connectivity index is 1.63. The Bertz CT molecular complexity index is 492. The first kappa shape index (κ1) is 12.6. The number of nitrogens with zero attached hydrogens (tertiary/aromatic N) is 2. The van der Waals surface area contributed by atoms with E-state index in [9.17, 15) is 4.79 Å². The molecule has 18 heavy (non-hydrogen) atoms. The third-order valence-corrected chi connectivity index (χ3v) is 3.38. The van der Waals surface area contributed by atoms with Crippen LogP contribution in [0.4, 0.5) is 4.79 Å². The fraction of sp³-hybridized carbons (Fsp3) is 0.333. The number of hydrogen-bond acceptors (Lipinski definition) is 3. The van der Waals surface area contributed by atoms with Gasteiger partial charge in [0.05, 0.1) is 6.20 Å². The van der Waals surface area contributed by atoms with Gasteiger partial charge in [0.1, 0.15) is 0 Å². The van der Waals surface area contributed by atoms with Crippen LogP contribution < -0.4 is 10.6 Å². The average Bonchev–Trinajstić information content (AvgIpc) is 2.98. The Hall–Kier alpha value is -1.82. The third kappa shape index (κ3) is 3.89. The minimum Gasteiger partial charge on any atom is -0.338 e. The summed E-state index contributed by atoms with van der Waals surface area (Å²) in [6.07, 6.45) is 4.50. The van der Waals surface area contributed by atoms with E-state index in [4.69, 9.17) is 0 Å². The van der Waals surface area contributed by atoms with Crippen LogP contribution in [0.3, 0.4) is 0 Å². The van der Waals surface area contributed by atoms with Gasteiger partial charge in [-0.3, -0.25) is 4.68 Å². The molecule has 2 heterocycles. The Morgan fingerprint density at radius 2 is 2.39 bits per heavy atom. The van der Waals surface area contributed by atoms with Crippen molar-refractivity contribution >= 4 is 17.4 Å². The molecule has 6 heteroatoms. The summed E-state index contributed by atoms with van der Waals surface area (Å²) in [4.78, 5) is 12.8. The summed E-state index contributed by atoms with van der Waals surface area (Å²) < 4.78 is 1.71. The second-order valence-corrected chi connectivity index (χ2v) is 4.99. The van der Waals surface area contributed by atoms with Gasteiger partial charge < -0.3 is 10.6 Å². The van der Waals surface area contributed by atoms with Crippen LogP contribution in [0.15, 0.2) is 29.9 Å². The van der Waals surface area contributed by atoms with Crippen molar-refractivity contribution in [1.29, 1.82) is 0 Å². The molecule has 0 saturated carbocycles. The Morgan fingerprint density at radius 3 is 3.06 bits per heavy atom. The van der Waals surface area contributed by atoms with Crippen LogP contribution in [-0.4, -0.2) is 22.4 Å². The van der Waals surface area contributed by atoms with Gasteiger partial charge in [0.15, 0.2) is 0 Å². The highest BCUT2D eigenvalue weighted by molar-refractivity contribution is 7.09. The van der Waals surface area contributed by atoms with Gasteiger partial charge in [-0.25, -0.2) is 4.79 Å². The minimum atomic E-state index is -0.143. The zero-order valence-electron chi connectivity index (χ0n) is 10.2. The standard InChI is InChI=1S/C12H16N4OS/c1-16-9-10(8-15-16)7-14-12(17)13-5-4-11-3-2-6-18-11/h2-3,6,8-9H,4-5,7H2,1H3,(H2,13,14,17). The first-order chi connectivity index (χ1) is 8.74. The highest BCUT2D eigenvalue weighted by Crippen LogP contribution is 2.07. The molecule has 0 atom stereocenters. The van der Waals surface area contributed by atoms with Crippen molar-refractivity contribution in [1.82, 2.24) is 20.4 Å². The molecular weight excluding hydrogens is 248 g/mol. The van der Waals surface area contributed by atoms with Crippen LogP contribution in [-0.2, 0) is 20.0 Å². The molecule has 0 aromatic carbocycles. The summed E-state index contributed by atoms with van der Waals surface area (Å²) in [5.41, 5.74) is 0.992. The molecule has 0 radical (unpaired) electrons. The van der Waals surface area contributed by atoms with Crippen LogP contribution in [0, 0.1) is 0 Å². The number of carbonyl (C=O) groups is 1. The van der Waals surface area contributed by atoms with Gasteiger partial charge in [-0.05, 0) is 17.9 Å². The maximum absolute atomic E-state index is 11.5. The second kappa shape index (κ2) is 6.20. The molecule has 0 bridgehead atoms. The molecule has 96 valence electrons. The number of urea groups is 1. The van der Waals surface area contributed by atoms with Crippen molar-refractivity contribution in [3.63, 3.8) is 0 Å². The van der Waals surface area contributed by atoms with Gasteiger partial charge in [-0.2, -0.15) is 5.10 Å². The predicted molar refractivity (Wildman–Crippen MR) is 71.5 cm³/mol. The van der Waals surface area contributed by atoms with Gasteiger partial charge >= 0.3 is 6.03 Å². The zero-order valence-corrected chi connectivity index (χ0v) is 11.0. The van der Waals surface area contributed by atoms with Crippen LogP contribution in [0.1, 0.15) is 10.4 Å². The Labute approximate surface area is 110 Å². The number of aryl methyl sites for hydroxylation is 1. The van der Waals surface area contributed by atoms with Crippen molar-refractivity contribution in [2.75, 3.05) is 6.54 Å². The normalized spacial score (nSPS) is 10.3. The van der Waals surface area contributed by atoms with E-state index < -0.39 is 0 Å². The molecule has 2 amide bonds. The van der Waals surface area contributed by atoms with Gasteiger partial charge in [0.25, 0.3) is 0 Å². The number of nitrogens with one attached hydrogen (secondary N) is 2. The molecule has 2 aromatic heterocycles. The van der Waals surface area contributed by atoms with Gasteiger partial charge in [-0.1, -0.05) is 6.07 Å². The lowest BCUT2D eigenvalue weighted by Crippen LogP contribution is -2.36. The second-order valence-electron chi connectivity index (χ2n) is 3.96. The van der Waals surface area contributed by atoms with E-state index in [1.165, 1.54) is 4.88 Å². The molecule has 2 rings (SSSR count). The number of amides is 2. The van der Waals surface area contributed by atoms with Crippen molar-refractivity contribution in [2.24, 2.45) is 7.05 Å². The quantitative estimate of drug-likeness (QED) is 0.860. The monoisotopic (exact) mass is 264 g/mol. The van der Waals surface area contributed by atoms with Crippen LogP contribution >= 0.6 is 11.3 Å². The molecule has 0 aliphatic carbocycles. The summed E-state index contributed by atoms with van der Waals surface area (Å²) in [5, 5.41) is 11.7. The van der Waals surface area contributed by atoms with Crippen LogP contribution in [0.5, 0.6) is 0 Å². The maximum atomic E-state index is 11.5. The molecule has 0 saturated heterocycles. The first-order valence-corrected chi connectivity index (χ1v) is 6.63. The van der Waals surface area contributed by atoms with Crippen molar-refractivity contribution in [3.05, 3.63) is 40.3 Å². The van der Waals surface area contributed by atoms with E-state index in [0.29, 0.717) is 13.1 Å². The Morgan fingerprint density at radius 1 is 1.50 bits per heavy atom. The van der Waals surface area contributed by atoms with E-state index in [1.807, 2.05) is 24.7 Å². The van der Waals surface area contributed by atoms with Gasteiger partial charge in [-0.15, -0.1) is 11.3 Å². The fourth-order valence-corrected chi connectivity index (χ4v) is 2.27. The van der Waals surface area contributed by atoms with E-state index in [0.717, 1.165) is 12.0 Å². The first-order valence-electron chi connectivity index (χ1n) is 5.75. The Kier molecular flexibility index (Phi) is 4.35. The lowest BCUT2D eigenvalue weighted by Gasteiger charge is -2.05. The molecule has 0 aliphatic rings. The summed E-state index contributed by atoms with van der Waals surface area (Å²) >= 11 is 1.70. The van der Waals surface area contributed by atoms with Crippen molar-refractivity contribution in [2.45, 2.75) is 13.0 Å². The van der Waals surface area contributed by atoms with E-state index in [-0.39, 0.29) is 6.03 Å². The minimum absolute atomic E-state index is 0.143. The molecule has 0 spiro atoms. The molecule has 0 aliphatic heterocycles. The number of thiophene rings is 1. The smallest absolute Gasteiger partial charge is 0.315 e. The van der Waals surface area contributed by atoms with Crippen molar-refractivity contribution in [3.8, 4) is 0 Å². The number of aromatic nitrogens is 2. The summed E-state index contributed by atoms with van der Waals surface area (Å²) in [6.45, 7) is 1.15. The molecule has 5 nitrogen and oxygen atoms in total. The highest BCUT2D eigenvalue weighted by atomic mass is 32.1. The molecule has 0 fully saturated rings. The molecule has 2 N–H and O–H groups in total. The molecule has 0 unspecified atom stereocenters. The van der Waals surface area contributed by atoms with E-state index in [1.54, 1.807) is 22.2 Å². The van der Waals surface area contributed by atoms with Gasteiger partial charge in [0, 0.05) is 36.8 Å². The third-order valence-electron chi connectivity index (χ3n) is 2.45. The highest BCUT2D eigenvalue weighted by Gasteiger charge is 2.01.